The van der Waals surface area contributed by atoms with Crippen molar-refractivity contribution in [2.75, 3.05) is 46.1 Å². The van der Waals surface area contributed by atoms with Crippen LogP contribution in [-0.2, 0) is 19.1 Å². The highest BCUT2D eigenvalue weighted by atomic mass is 19.4. The van der Waals surface area contributed by atoms with Gasteiger partial charge in [-0.1, -0.05) is 6.07 Å². The normalized spacial score (nSPS) is 24.6. The van der Waals surface area contributed by atoms with Gasteiger partial charge in [0.1, 0.15) is 0 Å². The van der Waals surface area contributed by atoms with Crippen molar-refractivity contribution in [1.29, 1.82) is 0 Å². The smallest absolute Gasteiger partial charge is 0.477 e. The van der Waals surface area contributed by atoms with E-state index in [1.807, 2.05) is 18.2 Å². The lowest BCUT2D eigenvalue weighted by Crippen LogP contribution is -2.41. The van der Waals surface area contributed by atoms with Crippen LogP contribution in [-0.4, -0.2) is 96.6 Å². The summed E-state index contributed by atoms with van der Waals surface area (Å²) in [5, 5.41) is 14.2. The summed E-state index contributed by atoms with van der Waals surface area (Å²) in [5.74, 6) is -4.22. The molecule has 4 heterocycles. The number of ether oxygens (including phenoxy) is 3. The molecule has 0 unspecified atom stereocenters. The van der Waals surface area contributed by atoms with Crippen LogP contribution in [0.1, 0.15) is 12.8 Å². The molecule has 0 spiro atoms. The topological polar surface area (TPSA) is 118 Å². The number of fused-ring (bicyclic) bond motifs is 1. The molecule has 0 aliphatic carbocycles. The molecule has 4 rings (SSSR count). The Balaban J connectivity index is 0.000000271. The first-order valence-corrected chi connectivity index (χ1v) is 10.8. The van der Waals surface area contributed by atoms with Crippen molar-refractivity contribution in [2.45, 2.75) is 31.2 Å². The second-order valence-electron chi connectivity index (χ2n) is 8.41. The van der Waals surface area contributed by atoms with E-state index in [-0.39, 0.29) is 5.41 Å². The third-order valence-electron chi connectivity index (χ3n) is 5.88. The maximum absolute atomic E-state index is 10.6. The summed E-state index contributed by atoms with van der Waals surface area (Å²) in [6, 6.07) is 6.47. The van der Waals surface area contributed by atoms with Crippen LogP contribution in [0.15, 0.2) is 24.4 Å². The number of pyridine rings is 1. The van der Waals surface area contributed by atoms with Crippen molar-refractivity contribution < 1.29 is 60.4 Å². The van der Waals surface area contributed by atoms with E-state index >= 15 is 0 Å². The molecular weight excluding hydrogens is 506 g/mol. The number of hydrogen-bond acceptors (Lipinski definition) is 7. The molecule has 0 bridgehead atoms. The molecule has 0 saturated carbocycles. The van der Waals surface area contributed by atoms with Crippen molar-refractivity contribution >= 4 is 11.9 Å². The predicted octanol–water partition coefficient (Wildman–Crippen LogP) is 2.85. The average Bonchev–Trinajstić information content (AvgIpc) is 3.36. The lowest BCUT2D eigenvalue weighted by atomic mass is 9.82. The molecule has 3 saturated heterocycles. The molecule has 0 radical (unpaired) electrons. The van der Waals surface area contributed by atoms with Crippen LogP contribution in [0.4, 0.5) is 26.3 Å². The molecule has 0 aromatic carbocycles. The molecule has 1 aromatic rings. The van der Waals surface area contributed by atoms with Gasteiger partial charge in [-0.3, -0.25) is 4.90 Å². The Morgan fingerprint density at radius 3 is 2.14 bits per heavy atom. The first kappa shape index (κ1) is 29.6. The minimum Gasteiger partial charge on any atom is -0.477 e. The Bertz CT molecular complexity index is 825. The van der Waals surface area contributed by atoms with E-state index in [9.17, 15) is 26.3 Å². The van der Waals surface area contributed by atoms with E-state index < -0.39 is 24.3 Å². The monoisotopic (exact) mass is 532 g/mol. The summed E-state index contributed by atoms with van der Waals surface area (Å²) in [6.45, 7) is 6.40. The molecule has 1 aromatic heterocycles. The van der Waals surface area contributed by atoms with Crippen molar-refractivity contribution in [3.8, 4) is 5.88 Å². The largest absolute Gasteiger partial charge is 0.490 e. The average molecular weight is 532 g/mol. The second-order valence-corrected chi connectivity index (χ2v) is 8.41. The fraction of sp³-hybridized carbons (Fsp3) is 0.667. The molecule has 36 heavy (non-hydrogen) atoms. The van der Waals surface area contributed by atoms with Gasteiger partial charge in [-0.2, -0.15) is 26.3 Å². The number of alkyl halides is 6. The van der Waals surface area contributed by atoms with E-state index in [1.54, 1.807) is 6.20 Å². The fourth-order valence-corrected chi connectivity index (χ4v) is 4.06. The Kier molecular flexibility index (Phi) is 10.3. The summed E-state index contributed by atoms with van der Waals surface area (Å²) in [7, 11) is 0. The quantitative estimate of drug-likeness (QED) is 0.565. The molecule has 2 atom stereocenters. The van der Waals surface area contributed by atoms with Crippen molar-refractivity contribution in [3.63, 3.8) is 0 Å². The lowest BCUT2D eigenvalue weighted by molar-refractivity contribution is -0.193. The number of nitrogens with zero attached hydrogens (tertiary/aromatic N) is 2. The Morgan fingerprint density at radius 2 is 1.64 bits per heavy atom. The molecule has 2 N–H and O–H groups in total. The second kappa shape index (κ2) is 12.5. The minimum absolute atomic E-state index is 0.135. The number of halogens is 6. The molecule has 204 valence electrons. The van der Waals surface area contributed by atoms with E-state index in [4.69, 9.17) is 34.0 Å². The minimum atomic E-state index is -5.08. The highest BCUT2D eigenvalue weighted by Gasteiger charge is 2.52. The number of aliphatic carboxylic acids is 2. The van der Waals surface area contributed by atoms with Gasteiger partial charge in [-0.25, -0.2) is 14.6 Å². The van der Waals surface area contributed by atoms with E-state index in [0.717, 1.165) is 52.4 Å². The summed E-state index contributed by atoms with van der Waals surface area (Å²) in [6.07, 6.45) is -6.08. The third kappa shape index (κ3) is 8.78. The summed E-state index contributed by atoms with van der Waals surface area (Å²) >= 11 is 0. The van der Waals surface area contributed by atoms with Crippen LogP contribution in [0, 0.1) is 11.3 Å². The highest BCUT2D eigenvalue weighted by molar-refractivity contribution is 5.73. The number of aromatic nitrogens is 1. The lowest BCUT2D eigenvalue weighted by Gasteiger charge is -2.33. The zero-order valence-electron chi connectivity index (χ0n) is 18.9. The van der Waals surface area contributed by atoms with Crippen molar-refractivity contribution in [3.05, 3.63) is 24.4 Å². The van der Waals surface area contributed by atoms with Crippen LogP contribution in [0.2, 0.25) is 0 Å². The van der Waals surface area contributed by atoms with Gasteiger partial charge in [0.05, 0.1) is 19.8 Å². The van der Waals surface area contributed by atoms with Crippen LogP contribution < -0.4 is 4.74 Å². The van der Waals surface area contributed by atoms with Crippen LogP contribution >= 0.6 is 0 Å². The van der Waals surface area contributed by atoms with Crippen LogP contribution in [0.25, 0.3) is 0 Å². The predicted molar refractivity (Wildman–Crippen MR) is 109 cm³/mol. The van der Waals surface area contributed by atoms with Crippen LogP contribution in [0.5, 0.6) is 5.88 Å². The van der Waals surface area contributed by atoms with Crippen molar-refractivity contribution in [1.82, 2.24) is 9.88 Å². The van der Waals surface area contributed by atoms with Gasteiger partial charge in [0.25, 0.3) is 0 Å². The zero-order valence-corrected chi connectivity index (χ0v) is 18.9. The Hall–Kier alpha value is -2.65. The third-order valence-corrected chi connectivity index (χ3v) is 5.88. The summed E-state index contributed by atoms with van der Waals surface area (Å²) in [5.41, 5.74) is 0.135. The number of hydrogen-bond donors (Lipinski definition) is 2. The van der Waals surface area contributed by atoms with E-state index in [2.05, 4.69) is 9.88 Å². The SMILES string of the molecule is O=C(O)C(F)(F)F.O=C(O)C(F)(F)F.c1ccc(OC[C@]23COC[C@H]2CN(C2CCOCC2)C3)nc1. The molecule has 9 nitrogen and oxygen atoms in total. The van der Waals surface area contributed by atoms with Gasteiger partial charge in [-0.05, 0) is 18.9 Å². The number of rotatable bonds is 4. The van der Waals surface area contributed by atoms with Crippen LogP contribution in [0.3, 0.4) is 0 Å². The number of carboxylic acid groups (broad SMARTS) is 2. The zero-order chi connectivity index (χ0) is 27.0. The molecular formula is C21H26F6N2O7. The van der Waals surface area contributed by atoms with Gasteiger partial charge in [0.2, 0.25) is 5.88 Å². The Morgan fingerprint density at radius 1 is 1.06 bits per heavy atom. The van der Waals surface area contributed by atoms with Gasteiger partial charge in [-0.15, -0.1) is 0 Å². The summed E-state index contributed by atoms with van der Waals surface area (Å²) < 4.78 is 80.7. The van der Waals surface area contributed by atoms with Crippen molar-refractivity contribution in [2.24, 2.45) is 11.3 Å². The fourth-order valence-electron chi connectivity index (χ4n) is 4.06. The standard InChI is InChI=1S/C17H24N2O3.2C2HF3O2/c1-2-6-18-16(3-1)22-13-17-11-19(9-14(17)10-21-12-17)15-4-7-20-8-5-15;2*3-2(4,5)1(6)7/h1-3,6,14-15H,4-5,7-13H2;2*(H,6,7)/t14-,17+;;/m1../s1. The van der Waals surface area contributed by atoms with E-state index in [0.29, 0.717) is 24.4 Å². The van der Waals surface area contributed by atoms with Gasteiger partial charge >= 0.3 is 24.3 Å². The number of carboxylic acids is 2. The van der Waals surface area contributed by atoms with Gasteiger partial charge in [0.15, 0.2) is 0 Å². The molecule has 3 fully saturated rings. The maximum Gasteiger partial charge on any atom is 0.490 e. The molecule has 3 aliphatic heterocycles. The molecule has 15 heteroatoms. The van der Waals surface area contributed by atoms with Gasteiger partial charge < -0.3 is 24.4 Å². The summed E-state index contributed by atoms with van der Waals surface area (Å²) in [4.78, 5) is 24.7. The Labute approximate surface area is 201 Å². The number of likely N-dealkylation sites (tertiary alicyclic amines) is 1. The molecule has 3 aliphatic rings. The first-order chi connectivity index (χ1) is 16.7. The van der Waals surface area contributed by atoms with E-state index in [1.165, 1.54) is 0 Å². The maximum atomic E-state index is 10.6. The first-order valence-electron chi connectivity index (χ1n) is 10.8. The number of carbonyl (C=O) groups is 2. The molecule has 0 amide bonds. The highest BCUT2D eigenvalue weighted by Crippen LogP contribution is 2.43. The van der Waals surface area contributed by atoms with Gasteiger partial charge in [0, 0.05) is 55.9 Å².